The number of hydrogen-bond acceptors (Lipinski definition) is 3. The lowest BCUT2D eigenvalue weighted by Crippen LogP contribution is -2.29. The number of amides is 2. The van der Waals surface area contributed by atoms with E-state index < -0.39 is 5.91 Å². The van der Waals surface area contributed by atoms with E-state index in [4.69, 9.17) is 5.73 Å². The van der Waals surface area contributed by atoms with Crippen LogP contribution in [-0.2, 0) is 14.4 Å². The molecule has 0 aliphatic carbocycles. The molecule has 0 aliphatic rings. The van der Waals surface area contributed by atoms with Crippen LogP contribution < -0.4 is 11.1 Å². The third kappa shape index (κ3) is 10.0. The van der Waals surface area contributed by atoms with Gasteiger partial charge in [-0.15, -0.1) is 0 Å². The maximum Gasteiger partial charge on any atom is 0.221 e. The molecule has 0 rings (SSSR count). The topological polar surface area (TPSA) is 89.3 Å². The zero-order valence-electron chi connectivity index (χ0n) is 13.6. The molecule has 122 valence electrons. The number of hydrogen-bond donors (Lipinski definition) is 2. The van der Waals surface area contributed by atoms with Crippen LogP contribution in [0.1, 0.15) is 65.7 Å². The van der Waals surface area contributed by atoms with Crippen molar-refractivity contribution in [3.8, 4) is 0 Å². The summed E-state index contributed by atoms with van der Waals surface area (Å²) >= 11 is 0. The fourth-order valence-electron chi connectivity index (χ4n) is 2.18. The first-order valence-corrected chi connectivity index (χ1v) is 7.96. The summed E-state index contributed by atoms with van der Waals surface area (Å²) in [5.74, 6) is -0.458. The van der Waals surface area contributed by atoms with Crippen molar-refractivity contribution in [1.29, 1.82) is 0 Å². The standard InChI is InChI=1S/C16H30N2O3/c1-4-8-15(20)18-10-7-5-6-9-13(19)11-14(12(2)3)16(17)21/h12,14H,4-11H2,1-3H3,(H2,17,21)(H,18,20)/t14-/m0/s1. The highest BCUT2D eigenvalue weighted by atomic mass is 16.2. The van der Waals surface area contributed by atoms with Crippen molar-refractivity contribution >= 4 is 17.6 Å². The normalized spacial score (nSPS) is 12.2. The molecule has 1 atom stereocenters. The van der Waals surface area contributed by atoms with Crippen molar-refractivity contribution < 1.29 is 14.4 Å². The minimum Gasteiger partial charge on any atom is -0.369 e. The van der Waals surface area contributed by atoms with Gasteiger partial charge in [0.2, 0.25) is 11.8 Å². The molecule has 0 spiro atoms. The molecule has 0 bridgehead atoms. The van der Waals surface area contributed by atoms with E-state index in [1.165, 1.54) is 0 Å². The second-order valence-electron chi connectivity index (χ2n) is 5.91. The minimum absolute atomic E-state index is 0.0924. The molecule has 0 saturated heterocycles. The van der Waals surface area contributed by atoms with Gasteiger partial charge in [-0.25, -0.2) is 0 Å². The van der Waals surface area contributed by atoms with Crippen LogP contribution in [0.15, 0.2) is 0 Å². The highest BCUT2D eigenvalue weighted by molar-refractivity contribution is 5.86. The molecular weight excluding hydrogens is 268 g/mol. The molecule has 3 N–H and O–H groups in total. The summed E-state index contributed by atoms with van der Waals surface area (Å²) in [7, 11) is 0. The number of carbonyl (C=O) groups excluding carboxylic acids is 3. The van der Waals surface area contributed by atoms with E-state index in [1.807, 2.05) is 20.8 Å². The quantitative estimate of drug-likeness (QED) is 0.541. The summed E-state index contributed by atoms with van der Waals surface area (Å²) < 4.78 is 0. The van der Waals surface area contributed by atoms with Crippen LogP contribution >= 0.6 is 0 Å². The lowest BCUT2D eigenvalue weighted by molar-refractivity contribution is -0.128. The Labute approximate surface area is 128 Å². The van der Waals surface area contributed by atoms with E-state index in [1.54, 1.807) is 0 Å². The number of nitrogens with two attached hydrogens (primary N) is 1. The van der Waals surface area contributed by atoms with Gasteiger partial charge in [-0.05, 0) is 25.2 Å². The molecule has 0 aromatic rings. The summed E-state index contributed by atoms with van der Waals surface area (Å²) in [6.45, 7) is 6.45. The second kappa shape index (κ2) is 11.3. The van der Waals surface area contributed by atoms with Crippen LogP contribution in [0, 0.1) is 11.8 Å². The molecule has 5 nitrogen and oxygen atoms in total. The molecule has 0 aromatic heterocycles. The Bertz CT molecular complexity index is 340. The SMILES string of the molecule is CCCC(=O)NCCCCCC(=O)C[C@H](C(N)=O)C(C)C. The Hall–Kier alpha value is -1.39. The fraction of sp³-hybridized carbons (Fsp3) is 0.812. The largest absolute Gasteiger partial charge is 0.369 e. The number of carbonyl (C=O) groups is 3. The van der Waals surface area contributed by atoms with E-state index >= 15 is 0 Å². The van der Waals surface area contributed by atoms with Gasteiger partial charge in [0.15, 0.2) is 0 Å². The van der Waals surface area contributed by atoms with Crippen molar-refractivity contribution in [3.63, 3.8) is 0 Å². The van der Waals surface area contributed by atoms with Gasteiger partial charge in [0.05, 0.1) is 0 Å². The van der Waals surface area contributed by atoms with Gasteiger partial charge >= 0.3 is 0 Å². The van der Waals surface area contributed by atoms with Gasteiger partial charge < -0.3 is 11.1 Å². The van der Waals surface area contributed by atoms with Crippen molar-refractivity contribution in [3.05, 3.63) is 0 Å². The average Bonchev–Trinajstić information content (AvgIpc) is 2.39. The zero-order chi connectivity index (χ0) is 16.3. The number of nitrogens with one attached hydrogen (secondary N) is 1. The monoisotopic (exact) mass is 298 g/mol. The summed E-state index contributed by atoms with van der Waals surface area (Å²) in [6, 6.07) is 0. The molecule has 0 saturated carbocycles. The van der Waals surface area contributed by atoms with E-state index in [2.05, 4.69) is 5.32 Å². The zero-order valence-corrected chi connectivity index (χ0v) is 13.6. The molecule has 0 heterocycles. The maximum absolute atomic E-state index is 11.8. The first-order valence-electron chi connectivity index (χ1n) is 7.96. The molecule has 2 amide bonds. The summed E-state index contributed by atoms with van der Waals surface area (Å²) in [4.78, 5) is 34.3. The lowest BCUT2D eigenvalue weighted by atomic mass is 9.89. The van der Waals surface area contributed by atoms with Gasteiger partial charge in [0.1, 0.15) is 5.78 Å². The molecule has 0 aliphatic heterocycles. The van der Waals surface area contributed by atoms with Gasteiger partial charge in [-0.1, -0.05) is 27.2 Å². The highest BCUT2D eigenvalue weighted by Crippen LogP contribution is 2.16. The Morgan fingerprint density at radius 1 is 1.05 bits per heavy atom. The predicted octanol–water partition coefficient (Wildman–Crippen LogP) is 2.18. The van der Waals surface area contributed by atoms with Crippen LogP contribution in [0.2, 0.25) is 0 Å². The minimum atomic E-state index is -0.392. The molecule has 5 heteroatoms. The van der Waals surface area contributed by atoms with E-state index in [0.717, 1.165) is 25.7 Å². The number of rotatable bonds is 12. The molecule has 21 heavy (non-hydrogen) atoms. The summed E-state index contributed by atoms with van der Waals surface area (Å²) in [5.41, 5.74) is 5.30. The van der Waals surface area contributed by atoms with Gasteiger partial charge in [-0.3, -0.25) is 14.4 Å². The van der Waals surface area contributed by atoms with Crippen LogP contribution in [0.3, 0.4) is 0 Å². The predicted molar refractivity (Wildman–Crippen MR) is 83.5 cm³/mol. The Morgan fingerprint density at radius 3 is 2.24 bits per heavy atom. The number of Topliss-reactive ketones (excluding diaryl/α,β-unsaturated/α-hetero) is 1. The molecule has 0 unspecified atom stereocenters. The molecular formula is C16H30N2O3. The summed E-state index contributed by atoms with van der Waals surface area (Å²) in [5, 5.41) is 2.85. The number of unbranched alkanes of at least 4 members (excludes halogenated alkanes) is 2. The average molecular weight is 298 g/mol. The lowest BCUT2D eigenvalue weighted by Gasteiger charge is -2.16. The Kier molecular flexibility index (Phi) is 10.5. The van der Waals surface area contributed by atoms with Crippen molar-refractivity contribution in [2.24, 2.45) is 17.6 Å². The van der Waals surface area contributed by atoms with Crippen LogP contribution in [-0.4, -0.2) is 24.1 Å². The van der Waals surface area contributed by atoms with Crippen molar-refractivity contribution in [2.75, 3.05) is 6.54 Å². The molecule has 0 radical (unpaired) electrons. The van der Waals surface area contributed by atoms with E-state index in [0.29, 0.717) is 19.4 Å². The van der Waals surface area contributed by atoms with Crippen molar-refractivity contribution in [1.82, 2.24) is 5.32 Å². The fourth-order valence-corrected chi connectivity index (χ4v) is 2.18. The van der Waals surface area contributed by atoms with E-state index in [-0.39, 0.29) is 29.9 Å². The third-order valence-electron chi connectivity index (χ3n) is 3.55. The highest BCUT2D eigenvalue weighted by Gasteiger charge is 2.22. The second-order valence-corrected chi connectivity index (χ2v) is 5.91. The maximum atomic E-state index is 11.8. The van der Waals surface area contributed by atoms with E-state index in [9.17, 15) is 14.4 Å². The summed E-state index contributed by atoms with van der Waals surface area (Å²) in [6.07, 6.45) is 4.75. The van der Waals surface area contributed by atoms with Crippen LogP contribution in [0.5, 0.6) is 0 Å². The smallest absolute Gasteiger partial charge is 0.221 e. The van der Waals surface area contributed by atoms with Gasteiger partial charge in [0, 0.05) is 31.7 Å². The third-order valence-corrected chi connectivity index (χ3v) is 3.55. The Balaban J connectivity index is 3.71. The van der Waals surface area contributed by atoms with Gasteiger partial charge in [-0.2, -0.15) is 0 Å². The number of ketones is 1. The molecule has 0 aromatic carbocycles. The first-order chi connectivity index (χ1) is 9.88. The van der Waals surface area contributed by atoms with Crippen LogP contribution in [0.4, 0.5) is 0 Å². The van der Waals surface area contributed by atoms with Crippen molar-refractivity contribution in [2.45, 2.75) is 65.7 Å². The Morgan fingerprint density at radius 2 is 1.71 bits per heavy atom. The number of primary amides is 1. The van der Waals surface area contributed by atoms with Crippen LogP contribution in [0.25, 0.3) is 0 Å². The first kappa shape index (κ1) is 19.6. The van der Waals surface area contributed by atoms with Gasteiger partial charge in [0.25, 0.3) is 0 Å². The molecule has 0 fully saturated rings.